The van der Waals surface area contributed by atoms with Gasteiger partial charge in [0, 0.05) is 6.54 Å². The van der Waals surface area contributed by atoms with Gasteiger partial charge in [-0.25, -0.2) is 4.39 Å². The molecule has 1 heterocycles. The predicted octanol–water partition coefficient (Wildman–Crippen LogP) is 1.83. The molecule has 3 N–H and O–H groups in total. The Morgan fingerprint density at radius 2 is 1.96 bits per heavy atom. The van der Waals surface area contributed by atoms with Gasteiger partial charge >= 0.3 is 0 Å². The normalized spacial score (nSPS) is 15.9. The van der Waals surface area contributed by atoms with E-state index < -0.39 is 0 Å². The van der Waals surface area contributed by atoms with Crippen LogP contribution in [-0.2, 0) is 0 Å². The number of aromatic nitrogens is 3. The molecule has 1 aromatic heterocycles. The van der Waals surface area contributed by atoms with Crippen molar-refractivity contribution in [3.63, 3.8) is 0 Å². The molecule has 1 fully saturated rings. The molecule has 1 aliphatic carbocycles. The van der Waals surface area contributed by atoms with Gasteiger partial charge in [-0.15, -0.1) is 17.5 Å². The number of nitrogens with one attached hydrogen (secondary N) is 1. The number of nitrogens with two attached hydrogens (primary N) is 1. The van der Waals surface area contributed by atoms with Crippen molar-refractivity contribution in [3.8, 4) is 5.69 Å². The van der Waals surface area contributed by atoms with Gasteiger partial charge < -0.3 is 11.1 Å². The zero-order chi connectivity index (χ0) is 15.6. The third kappa shape index (κ3) is 3.68. The van der Waals surface area contributed by atoms with Gasteiger partial charge in [0.25, 0.3) is 5.91 Å². The fourth-order valence-electron chi connectivity index (χ4n) is 2.80. The van der Waals surface area contributed by atoms with E-state index in [1.165, 1.54) is 23.1 Å². The zero-order valence-electron chi connectivity index (χ0n) is 12.5. The Kier molecular flexibility index (Phi) is 5.33. The van der Waals surface area contributed by atoms with Crippen molar-refractivity contribution in [3.05, 3.63) is 42.0 Å². The van der Waals surface area contributed by atoms with E-state index in [0.29, 0.717) is 12.2 Å². The smallest absolute Gasteiger partial charge is 0.273 e. The highest BCUT2D eigenvalue weighted by molar-refractivity contribution is 5.92. The number of hydrogen-bond donors (Lipinski definition) is 2. The summed E-state index contributed by atoms with van der Waals surface area (Å²) in [7, 11) is 0. The monoisotopic (exact) mass is 339 g/mol. The molecule has 1 aromatic carbocycles. The van der Waals surface area contributed by atoms with Crippen LogP contribution < -0.4 is 11.1 Å². The van der Waals surface area contributed by atoms with Crippen LogP contribution in [0.15, 0.2) is 30.5 Å². The Balaban J connectivity index is 0.00000192. The number of carbonyl (C=O) groups is 1. The first-order valence-corrected chi connectivity index (χ1v) is 7.33. The lowest BCUT2D eigenvalue weighted by atomic mass is 9.98. The minimum Gasteiger partial charge on any atom is -0.344 e. The summed E-state index contributed by atoms with van der Waals surface area (Å²) in [5.41, 5.74) is 6.31. The molecule has 0 unspecified atom stereocenters. The Labute approximate surface area is 139 Å². The van der Waals surface area contributed by atoms with Gasteiger partial charge in [-0.2, -0.15) is 9.90 Å². The summed E-state index contributed by atoms with van der Waals surface area (Å²) in [5.74, 6) is -0.610. The van der Waals surface area contributed by atoms with Crippen LogP contribution in [0.2, 0.25) is 0 Å². The molecule has 23 heavy (non-hydrogen) atoms. The van der Waals surface area contributed by atoms with Crippen molar-refractivity contribution < 1.29 is 9.18 Å². The van der Waals surface area contributed by atoms with Crippen molar-refractivity contribution in [2.24, 2.45) is 5.73 Å². The Morgan fingerprint density at radius 1 is 1.30 bits per heavy atom. The summed E-state index contributed by atoms with van der Waals surface area (Å²) in [5, 5.41) is 11.2. The second-order valence-electron chi connectivity index (χ2n) is 5.64. The molecule has 3 rings (SSSR count). The van der Waals surface area contributed by atoms with Crippen molar-refractivity contribution in [1.29, 1.82) is 0 Å². The lowest BCUT2D eigenvalue weighted by molar-refractivity contribution is 0.0897. The largest absolute Gasteiger partial charge is 0.344 e. The molecule has 0 radical (unpaired) electrons. The molecule has 0 spiro atoms. The Morgan fingerprint density at radius 3 is 2.57 bits per heavy atom. The molecule has 1 amide bonds. The number of rotatable bonds is 4. The van der Waals surface area contributed by atoms with Crippen LogP contribution in [0.1, 0.15) is 36.2 Å². The summed E-state index contributed by atoms with van der Waals surface area (Å²) in [6, 6.07) is 5.74. The van der Waals surface area contributed by atoms with Gasteiger partial charge in [-0.3, -0.25) is 4.79 Å². The first-order chi connectivity index (χ1) is 10.6. The molecule has 124 valence electrons. The topological polar surface area (TPSA) is 85.8 Å². The summed E-state index contributed by atoms with van der Waals surface area (Å²) in [6.07, 6.45) is 5.32. The summed E-state index contributed by atoms with van der Waals surface area (Å²) in [4.78, 5) is 13.6. The first kappa shape index (κ1) is 17.4. The van der Waals surface area contributed by atoms with Gasteiger partial charge in [-0.1, -0.05) is 12.8 Å². The van der Waals surface area contributed by atoms with Crippen LogP contribution >= 0.6 is 12.4 Å². The van der Waals surface area contributed by atoms with E-state index in [1.807, 2.05) is 0 Å². The molecule has 2 aromatic rings. The van der Waals surface area contributed by atoms with Crippen molar-refractivity contribution >= 4 is 18.3 Å². The van der Waals surface area contributed by atoms with Gasteiger partial charge in [0.2, 0.25) is 0 Å². The van der Waals surface area contributed by atoms with E-state index in [0.717, 1.165) is 25.7 Å². The average Bonchev–Trinajstić information content (AvgIpc) is 3.18. The molecular formula is C15H19ClFN5O. The van der Waals surface area contributed by atoms with Gasteiger partial charge in [0.05, 0.1) is 17.4 Å². The lowest BCUT2D eigenvalue weighted by Gasteiger charge is -2.28. The number of amides is 1. The van der Waals surface area contributed by atoms with E-state index in [2.05, 4.69) is 15.5 Å². The molecule has 8 heteroatoms. The average molecular weight is 340 g/mol. The first-order valence-electron chi connectivity index (χ1n) is 7.33. The van der Waals surface area contributed by atoms with Gasteiger partial charge in [0.1, 0.15) is 5.82 Å². The molecule has 6 nitrogen and oxygen atoms in total. The molecule has 0 saturated heterocycles. The summed E-state index contributed by atoms with van der Waals surface area (Å²) >= 11 is 0. The third-order valence-corrected chi connectivity index (χ3v) is 4.11. The number of halogens is 2. The number of nitrogens with zero attached hydrogens (tertiary/aromatic N) is 3. The Bertz CT molecular complexity index is 667. The fourth-order valence-corrected chi connectivity index (χ4v) is 2.80. The van der Waals surface area contributed by atoms with Crippen LogP contribution in [0.3, 0.4) is 0 Å². The van der Waals surface area contributed by atoms with Crippen molar-refractivity contribution in [1.82, 2.24) is 20.3 Å². The fraction of sp³-hybridized carbons (Fsp3) is 0.400. The maximum absolute atomic E-state index is 12.9. The minimum atomic E-state index is -0.333. The molecule has 0 bridgehead atoms. The summed E-state index contributed by atoms with van der Waals surface area (Å²) < 4.78 is 12.9. The minimum absolute atomic E-state index is 0. The molecule has 0 aliphatic heterocycles. The van der Waals surface area contributed by atoms with Crippen LogP contribution in [0.25, 0.3) is 5.69 Å². The highest BCUT2D eigenvalue weighted by Crippen LogP contribution is 2.28. The van der Waals surface area contributed by atoms with E-state index >= 15 is 0 Å². The highest BCUT2D eigenvalue weighted by atomic mass is 35.5. The van der Waals surface area contributed by atoms with Gasteiger partial charge in [-0.05, 0) is 37.1 Å². The molecular weight excluding hydrogens is 321 g/mol. The number of carbonyl (C=O) groups excluding carboxylic acids is 1. The second kappa shape index (κ2) is 7.06. The predicted molar refractivity (Wildman–Crippen MR) is 86.3 cm³/mol. The lowest BCUT2D eigenvalue weighted by Crippen LogP contribution is -2.51. The second-order valence-corrected chi connectivity index (χ2v) is 5.64. The van der Waals surface area contributed by atoms with Crippen LogP contribution in [0.5, 0.6) is 0 Å². The molecule has 1 aliphatic rings. The van der Waals surface area contributed by atoms with Crippen molar-refractivity contribution in [2.75, 3.05) is 6.54 Å². The third-order valence-electron chi connectivity index (χ3n) is 4.11. The molecule has 0 atom stereocenters. The van der Waals surface area contributed by atoms with Crippen LogP contribution in [0, 0.1) is 5.82 Å². The quantitative estimate of drug-likeness (QED) is 0.889. The van der Waals surface area contributed by atoms with E-state index in [4.69, 9.17) is 5.73 Å². The Hall–Kier alpha value is -1.99. The maximum atomic E-state index is 12.9. The van der Waals surface area contributed by atoms with E-state index in [9.17, 15) is 9.18 Å². The van der Waals surface area contributed by atoms with Gasteiger partial charge in [0.15, 0.2) is 5.69 Å². The van der Waals surface area contributed by atoms with E-state index in [1.54, 1.807) is 12.1 Å². The number of benzene rings is 1. The van der Waals surface area contributed by atoms with Crippen LogP contribution in [-0.4, -0.2) is 33.0 Å². The molecule has 1 saturated carbocycles. The highest BCUT2D eigenvalue weighted by Gasteiger charge is 2.34. The van der Waals surface area contributed by atoms with Crippen molar-refractivity contribution in [2.45, 2.75) is 31.2 Å². The summed E-state index contributed by atoms with van der Waals surface area (Å²) in [6.45, 7) is 0.421. The standard InChI is InChI=1S/C15H18FN5O.ClH/c16-11-3-5-12(6-4-11)21-18-9-13(20-21)14(22)19-15(10-17)7-1-2-8-15;/h3-6,9H,1-2,7-8,10,17H2,(H,19,22);1H. The SMILES string of the molecule is Cl.NCC1(NC(=O)c2cnn(-c3ccc(F)cc3)n2)CCCC1. The van der Waals surface area contributed by atoms with E-state index in [-0.39, 0.29) is 35.4 Å². The van der Waals surface area contributed by atoms with Crippen LogP contribution in [0.4, 0.5) is 4.39 Å². The maximum Gasteiger partial charge on any atom is 0.273 e. The number of hydrogen-bond acceptors (Lipinski definition) is 4. The zero-order valence-corrected chi connectivity index (χ0v) is 13.4.